The molecule has 0 fully saturated rings. The summed E-state index contributed by atoms with van der Waals surface area (Å²) >= 11 is 2.17. The molecule has 0 heterocycles. The zero-order valence-corrected chi connectivity index (χ0v) is 11.3. The normalized spacial score (nSPS) is 10.4. The summed E-state index contributed by atoms with van der Waals surface area (Å²) in [6.45, 7) is 0.274. The van der Waals surface area contributed by atoms with Crippen LogP contribution >= 0.6 is 22.6 Å². The van der Waals surface area contributed by atoms with Gasteiger partial charge in [-0.05, 0) is 40.3 Å². The van der Waals surface area contributed by atoms with Gasteiger partial charge in [0.2, 0.25) is 0 Å². The minimum absolute atomic E-state index is 0.274. The Kier molecular flexibility index (Phi) is 4.11. The molecule has 2 aromatic rings. The van der Waals surface area contributed by atoms with E-state index in [0.717, 1.165) is 9.13 Å². The van der Waals surface area contributed by atoms with Crippen LogP contribution in [0.1, 0.15) is 5.56 Å². The Balaban J connectivity index is 2.13. The fraction of sp³-hybridized carbons (Fsp3) is 0.0769. The molecule has 18 heavy (non-hydrogen) atoms. The van der Waals surface area contributed by atoms with Crippen LogP contribution in [0, 0.1) is 21.0 Å². The van der Waals surface area contributed by atoms with Crippen LogP contribution in [0.15, 0.2) is 36.4 Å². The van der Waals surface area contributed by atoms with Crippen molar-refractivity contribution in [3.8, 4) is 0 Å². The molecule has 0 saturated heterocycles. The highest BCUT2D eigenvalue weighted by atomic mass is 127. The van der Waals surface area contributed by atoms with Gasteiger partial charge in [0, 0.05) is 22.2 Å². The lowest BCUT2D eigenvalue weighted by Crippen LogP contribution is -2.04. The first kappa shape index (κ1) is 13.2. The SMILES string of the molecule is Fc1cc(F)c(NCc2ccc(I)cc2)c(F)c1. The molecule has 0 aliphatic rings. The van der Waals surface area contributed by atoms with E-state index in [1.165, 1.54) is 0 Å². The molecule has 5 heteroatoms. The Labute approximate surface area is 116 Å². The van der Waals surface area contributed by atoms with Crippen LogP contribution < -0.4 is 5.32 Å². The molecule has 0 aliphatic heterocycles. The van der Waals surface area contributed by atoms with Crippen LogP contribution in [0.5, 0.6) is 0 Å². The van der Waals surface area contributed by atoms with Gasteiger partial charge in [-0.25, -0.2) is 13.2 Å². The van der Waals surface area contributed by atoms with Gasteiger partial charge in [0.25, 0.3) is 0 Å². The molecule has 0 unspecified atom stereocenters. The molecular weight excluding hydrogens is 354 g/mol. The molecule has 0 bridgehead atoms. The third-order valence-electron chi connectivity index (χ3n) is 2.39. The Morgan fingerprint density at radius 1 is 0.944 bits per heavy atom. The summed E-state index contributed by atoms with van der Waals surface area (Å²) < 4.78 is 40.5. The van der Waals surface area contributed by atoms with Crippen LogP contribution in [0.25, 0.3) is 0 Å². The van der Waals surface area contributed by atoms with E-state index in [0.29, 0.717) is 12.1 Å². The third-order valence-corrected chi connectivity index (χ3v) is 3.11. The quantitative estimate of drug-likeness (QED) is 0.801. The fourth-order valence-electron chi connectivity index (χ4n) is 1.50. The third kappa shape index (κ3) is 3.16. The highest BCUT2D eigenvalue weighted by Gasteiger charge is 2.10. The van der Waals surface area contributed by atoms with Crippen LogP contribution in [0.2, 0.25) is 0 Å². The molecule has 0 aliphatic carbocycles. The van der Waals surface area contributed by atoms with E-state index < -0.39 is 17.5 Å². The first-order chi connectivity index (χ1) is 8.56. The molecule has 2 rings (SSSR count). The van der Waals surface area contributed by atoms with Gasteiger partial charge in [-0.15, -0.1) is 0 Å². The zero-order chi connectivity index (χ0) is 13.1. The smallest absolute Gasteiger partial charge is 0.152 e. The Bertz CT molecular complexity index is 532. The van der Waals surface area contributed by atoms with E-state index in [2.05, 4.69) is 27.9 Å². The van der Waals surface area contributed by atoms with Gasteiger partial charge in [0.05, 0.1) is 0 Å². The zero-order valence-electron chi connectivity index (χ0n) is 9.18. The molecule has 1 N–H and O–H groups in total. The number of benzene rings is 2. The van der Waals surface area contributed by atoms with E-state index in [9.17, 15) is 13.2 Å². The number of nitrogens with one attached hydrogen (secondary N) is 1. The number of rotatable bonds is 3. The lowest BCUT2D eigenvalue weighted by atomic mass is 10.2. The van der Waals surface area contributed by atoms with E-state index in [4.69, 9.17) is 0 Å². The van der Waals surface area contributed by atoms with Gasteiger partial charge in [-0.2, -0.15) is 0 Å². The van der Waals surface area contributed by atoms with Gasteiger partial charge >= 0.3 is 0 Å². The number of hydrogen-bond acceptors (Lipinski definition) is 1. The summed E-state index contributed by atoms with van der Waals surface area (Å²) in [5.74, 6) is -2.79. The largest absolute Gasteiger partial charge is 0.376 e. The summed E-state index contributed by atoms with van der Waals surface area (Å²) in [4.78, 5) is 0. The number of halogens is 4. The molecular formula is C13H9F3IN. The van der Waals surface area contributed by atoms with Crippen molar-refractivity contribution >= 4 is 28.3 Å². The highest BCUT2D eigenvalue weighted by Crippen LogP contribution is 2.21. The van der Waals surface area contributed by atoms with E-state index >= 15 is 0 Å². The van der Waals surface area contributed by atoms with Crippen molar-refractivity contribution < 1.29 is 13.2 Å². The van der Waals surface area contributed by atoms with Crippen molar-refractivity contribution in [1.29, 1.82) is 0 Å². The van der Waals surface area contributed by atoms with Crippen molar-refractivity contribution in [1.82, 2.24) is 0 Å². The molecule has 1 nitrogen and oxygen atoms in total. The summed E-state index contributed by atoms with van der Waals surface area (Å²) in [7, 11) is 0. The minimum Gasteiger partial charge on any atom is -0.376 e. The molecule has 2 aromatic carbocycles. The lowest BCUT2D eigenvalue weighted by Gasteiger charge is -2.09. The van der Waals surface area contributed by atoms with Gasteiger partial charge in [0.15, 0.2) is 11.6 Å². The van der Waals surface area contributed by atoms with Crippen molar-refractivity contribution in [2.45, 2.75) is 6.54 Å². The Hall–Kier alpha value is -1.24. The first-order valence-electron chi connectivity index (χ1n) is 5.19. The standard InChI is InChI=1S/C13H9F3IN/c14-9-5-11(15)13(12(16)6-9)18-7-8-1-3-10(17)4-2-8/h1-6,18H,7H2. The van der Waals surface area contributed by atoms with Crippen LogP contribution in [0.3, 0.4) is 0 Å². The van der Waals surface area contributed by atoms with E-state index in [1.807, 2.05) is 24.3 Å². The average molecular weight is 363 g/mol. The lowest BCUT2D eigenvalue weighted by molar-refractivity contribution is 0.547. The summed E-state index contributed by atoms with van der Waals surface area (Å²) in [6.07, 6.45) is 0. The predicted octanol–water partition coefficient (Wildman–Crippen LogP) is 4.32. The van der Waals surface area contributed by atoms with Gasteiger partial charge in [-0.1, -0.05) is 12.1 Å². The van der Waals surface area contributed by atoms with Crippen molar-refractivity contribution in [2.75, 3.05) is 5.32 Å². The topological polar surface area (TPSA) is 12.0 Å². The van der Waals surface area contributed by atoms with Crippen LogP contribution in [-0.4, -0.2) is 0 Å². The maximum atomic E-state index is 13.3. The Morgan fingerprint density at radius 2 is 1.50 bits per heavy atom. The second kappa shape index (κ2) is 5.60. The molecule has 0 atom stereocenters. The summed E-state index contributed by atoms with van der Waals surface area (Å²) in [6, 6.07) is 8.81. The van der Waals surface area contributed by atoms with Gasteiger partial charge in [-0.3, -0.25) is 0 Å². The summed E-state index contributed by atoms with van der Waals surface area (Å²) in [5, 5.41) is 2.63. The monoisotopic (exact) mass is 363 g/mol. The van der Waals surface area contributed by atoms with Gasteiger partial charge in [0.1, 0.15) is 11.5 Å². The van der Waals surface area contributed by atoms with Crippen molar-refractivity contribution in [3.63, 3.8) is 0 Å². The second-order valence-corrected chi connectivity index (χ2v) is 4.97. The van der Waals surface area contributed by atoms with Gasteiger partial charge < -0.3 is 5.32 Å². The molecule has 0 radical (unpaired) electrons. The minimum atomic E-state index is -0.932. The van der Waals surface area contributed by atoms with Crippen LogP contribution in [0.4, 0.5) is 18.9 Å². The second-order valence-electron chi connectivity index (χ2n) is 3.72. The predicted molar refractivity (Wildman–Crippen MR) is 72.8 cm³/mol. The fourth-order valence-corrected chi connectivity index (χ4v) is 1.86. The molecule has 0 amide bonds. The maximum absolute atomic E-state index is 13.3. The van der Waals surface area contributed by atoms with E-state index in [1.54, 1.807) is 0 Å². The molecule has 0 spiro atoms. The molecule has 0 aromatic heterocycles. The van der Waals surface area contributed by atoms with Crippen LogP contribution in [-0.2, 0) is 6.54 Å². The molecule has 94 valence electrons. The van der Waals surface area contributed by atoms with Crippen molar-refractivity contribution in [2.24, 2.45) is 0 Å². The summed E-state index contributed by atoms with van der Waals surface area (Å²) in [5.41, 5.74) is 0.577. The molecule has 0 saturated carbocycles. The first-order valence-corrected chi connectivity index (χ1v) is 6.27. The maximum Gasteiger partial charge on any atom is 0.152 e. The Morgan fingerprint density at radius 3 is 2.06 bits per heavy atom. The van der Waals surface area contributed by atoms with E-state index in [-0.39, 0.29) is 12.2 Å². The number of hydrogen-bond donors (Lipinski definition) is 1. The highest BCUT2D eigenvalue weighted by molar-refractivity contribution is 14.1. The number of anilines is 1. The average Bonchev–Trinajstić information content (AvgIpc) is 2.30. The van der Waals surface area contributed by atoms with Crippen molar-refractivity contribution in [3.05, 3.63) is 63.0 Å².